The second-order valence-corrected chi connectivity index (χ2v) is 7.10. The molecule has 2 aromatic rings. The first kappa shape index (κ1) is 15.2. The predicted molar refractivity (Wildman–Crippen MR) is 84.0 cm³/mol. The van der Waals surface area contributed by atoms with Gasteiger partial charge in [-0.2, -0.15) is 0 Å². The summed E-state index contributed by atoms with van der Waals surface area (Å²) in [5.74, 6) is 0.0156. The number of carbonyl (C=O) groups is 1. The summed E-state index contributed by atoms with van der Waals surface area (Å²) >= 11 is 3.34. The van der Waals surface area contributed by atoms with Gasteiger partial charge in [0.05, 0.1) is 13.1 Å². The van der Waals surface area contributed by atoms with Crippen LogP contribution in [0.15, 0.2) is 35.0 Å². The highest BCUT2D eigenvalue weighted by Crippen LogP contribution is 2.21. The Hall–Kier alpha value is -1.17. The fraction of sp³-hybridized carbons (Fsp3) is 0.400. The Kier molecular flexibility index (Phi) is 4.96. The zero-order valence-electron chi connectivity index (χ0n) is 12.0. The van der Waals surface area contributed by atoms with Crippen LogP contribution >= 0.6 is 22.7 Å². The van der Waals surface area contributed by atoms with Crippen LogP contribution in [0, 0.1) is 0 Å². The lowest BCUT2D eigenvalue weighted by atomic mass is 10.1. The molecule has 1 amide bonds. The van der Waals surface area contributed by atoms with E-state index in [0.717, 1.165) is 0 Å². The third-order valence-electron chi connectivity index (χ3n) is 3.17. The molecular weight excluding hydrogens is 290 g/mol. The molecule has 0 fully saturated rings. The molecule has 0 aromatic carbocycles. The molecule has 0 radical (unpaired) electrons. The van der Waals surface area contributed by atoms with E-state index >= 15 is 0 Å². The fourth-order valence-corrected chi connectivity index (χ4v) is 3.29. The topological polar surface area (TPSA) is 29.5 Å². The molecule has 2 aromatic heterocycles. The maximum Gasteiger partial charge on any atom is 0.254 e. The SMILES string of the molecule is COC(C)(C)C(=O)N(Cc1cccs1)Cc1cccs1. The van der Waals surface area contributed by atoms with Crippen molar-refractivity contribution in [2.24, 2.45) is 0 Å². The van der Waals surface area contributed by atoms with Crippen LogP contribution in [0.5, 0.6) is 0 Å². The van der Waals surface area contributed by atoms with Gasteiger partial charge in [-0.05, 0) is 36.7 Å². The van der Waals surface area contributed by atoms with E-state index in [2.05, 4.69) is 12.1 Å². The largest absolute Gasteiger partial charge is 0.369 e. The van der Waals surface area contributed by atoms with Gasteiger partial charge >= 0.3 is 0 Å². The second-order valence-electron chi connectivity index (χ2n) is 5.03. The highest BCUT2D eigenvalue weighted by molar-refractivity contribution is 7.10. The molecule has 0 aliphatic carbocycles. The van der Waals surface area contributed by atoms with Crippen molar-refractivity contribution in [2.75, 3.05) is 7.11 Å². The van der Waals surface area contributed by atoms with Crippen molar-refractivity contribution in [2.45, 2.75) is 32.5 Å². The van der Waals surface area contributed by atoms with Gasteiger partial charge in [0.2, 0.25) is 0 Å². The van der Waals surface area contributed by atoms with Gasteiger partial charge in [-0.1, -0.05) is 12.1 Å². The molecule has 0 bridgehead atoms. The summed E-state index contributed by atoms with van der Waals surface area (Å²) in [6.07, 6.45) is 0. The second kappa shape index (κ2) is 6.52. The van der Waals surface area contributed by atoms with Gasteiger partial charge in [0.1, 0.15) is 5.60 Å². The van der Waals surface area contributed by atoms with Gasteiger partial charge < -0.3 is 9.64 Å². The molecule has 0 saturated heterocycles. The lowest BCUT2D eigenvalue weighted by molar-refractivity contribution is -0.152. The number of carbonyl (C=O) groups excluding carboxylic acids is 1. The molecule has 0 spiro atoms. The van der Waals surface area contributed by atoms with Crippen LogP contribution < -0.4 is 0 Å². The predicted octanol–water partition coefficient (Wildman–Crippen LogP) is 3.76. The summed E-state index contributed by atoms with van der Waals surface area (Å²) in [5.41, 5.74) is -0.797. The monoisotopic (exact) mass is 309 g/mol. The Morgan fingerprint density at radius 3 is 2.00 bits per heavy atom. The Labute approximate surface area is 127 Å². The molecule has 0 unspecified atom stereocenters. The first-order chi connectivity index (χ1) is 9.53. The van der Waals surface area contributed by atoms with Gasteiger partial charge in [-0.15, -0.1) is 22.7 Å². The van der Waals surface area contributed by atoms with Crippen LogP contribution in [0.3, 0.4) is 0 Å². The Morgan fingerprint density at radius 1 is 1.15 bits per heavy atom. The first-order valence-corrected chi connectivity index (χ1v) is 8.18. The van der Waals surface area contributed by atoms with E-state index in [1.54, 1.807) is 29.8 Å². The summed E-state index contributed by atoms with van der Waals surface area (Å²) in [4.78, 5) is 16.9. The number of hydrogen-bond donors (Lipinski definition) is 0. The van der Waals surface area contributed by atoms with E-state index in [-0.39, 0.29) is 5.91 Å². The number of methoxy groups -OCH3 is 1. The molecule has 0 aliphatic rings. The molecule has 5 heteroatoms. The van der Waals surface area contributed by atoms with Gasteiger partial charge in [0.15, 0.2) is 0 Å². The van der Waals surface area contributed by atoms with Crippen LogP contribution in [-0.4, -0.2) is 23.5 Å². The standard InChI is InChI=1S/C15H19NO2S2/c1-15(2,18-3)14(17)16(10-12-6-4-8-19-12)11-13-7-5-9-20-13/h4-9H,10-11H2,1-3H3. The summed E-state index contributed by atoms with van der Waals surface area (Å²) in [6, 6.07) is 8.13. The Morgan fingerprint density at radius 2 is 1.65 bits per heavy atom. The summed E-state index contributed by atoms with van der Waals surface area (Å²) in [5, 5.41) is 4.06. The lowest BCUT2D eigenvalue weighted by Crippen LogP contribution is -2.45. The van der Waals surface area contributed by atoms with Crippen molar-refractivity contribution in [3.05, 3.63) is 44.8 Å². The number of hydrogen-bond acceptors (Lipinski definition) is 4. The Balaban J connectivity index is 2.17. The van der Waals surface area contributed by atoms with E-state index in [4.69, 9.17) is 4.74 Å². The average Bonchev–Trinajstić information content (AvgIpc) is 3.10. The van der Waals surface area contributed by atoms with Crippen molar-refractivity contribution in [3.63, 3.8) is 0 Å². The van der Waals surface area contributed by atoms with E-state index < -0.39 is 5.60 Å². The third-order valence-corrected chi connectivity index (χ3v) is 4.89. The highest BCUT2D eigenvalue weighted by Gasteiger charge is 2.32. The van der Waals surface area contributed by atoms with Crippen molar-refractivity contribution in [1.82, 2.24) is 4.90 Å². The number of ether oxygens (including phenoxy) is 1. The third kappa shape index (κ3) is 3.69. The molecule has 0 N–H and O–H groups in total. The normalized spacial score (nSPS) is 11.6. The Bertz CT molecular complexity index is 496. The van der Waals surface area contributed by atoms with Gasteiger partial charge in [0, 0.05) is 16.9 Å². The fourth-order valence-electron chi connectivity index (χ4n) is 1.85. The maximum atomic E-state index is 12.7. The van der Waals surface area contributed by atoms with Crippen molar-refractivity contribution < 1.29 is 9.53 Å². The molecule has 0 aliphatic heterocycles. The van der Waals surface area contributed by atoms with Crippen molar-refractivity contribution in [1.29, 1.82) is 0 Å². The molecule has 2 heterocycles. The van der Waals surface area contributed by atoms with Crippen molar-refractivity contribution >= 4 is 28.6 Å². The average molecular weight is 309 g/mol. The molecular formula is C15H19NO2S2. The zero-order chi connectivity index (χ0) is 14.6. The van der Waals surface area contributed by atoms with E-state index in [9.17, 15) is 4.79 Å². The van der Waals surface area contributed by atoms with E-state index in [1.165, 1.54) is 9.75 Å². The molecule has 20 heavy (non-hydrogen) atoms. The molecule has 2 rings (SSSR count). The number of rotatable bonds is 6. The summed E-state index contributed by atoms with van der Waals surface area (Å²) in [7, 11) is 1.58. The smallest absolute Gasteiger partial charge is 0.254 e. The zero-order valence-corrected chi connectivity index (χ0v) is 13.6. The minimum atomic E-state index is -0.797. The first-order valence-electron chi connectivity index (χ1n) is 6.42. The van der Waals surface area contributed by atoms with Crippen molar-refractivity contribution in [3.8, 4) is 0 Å². The summed E-state index contributed by atoms with van der Waals surface area (Å²) in [6.45, 7) is 4.87. The van der Waals surface area contributed by atoms with Gasteiger partial charge in [-0.3, -0.25) is 4.79 Å². The van der Waals surface area contributed by atoms with Crippen LogP contribution in [0.4, 0.5) is 0 Å². The number of nitrogens with zero attached hydrogens (tertiary/aromatic N) is 1. The minimum Gasteiger partial charge on any atom is -0.369 e. The van der Waals surface area contributed by atoms with E-state index in [0.29, 0.717) is 13.1 Å². The van der Waals surface area contributed by atoms with Crippen LogP contribution in [0.25, 0.3) is 0 Å². The highest BCUT2D eigenvalue weighted by atomic mass is 32.1. The number of thiophene rings is 2. The van der Waals surface area contributed by atoms with Crippen LogP contribution in [0.2, 0.25) is 0 Å². The van der Waals surface area contributed by atoms with Gasteiger partial charge in [-0.25, -0.2) is 0 Å². The lowest BCUT2D eigenvalue weighted by Gasteiger charge is -2.30. The summed E-state index contributed by atoms with van der Waals surface area (Å²) < 4.78 is 5.33. The quantitative estimate of drug-likeness (QED) is 0.813. The van der Waals surface area contributed by atoms with Crippen LogP contribution in [0.1, 0.15) is 23.6 Å². The number of amides is 1. The molecule has 3 nitrogen and oxygen atoms in total. The van der Waals surface area contributed by atoms with Gasteiger partial charge in [0.25, 0.3) is 5.91 Å². The maximum absolute atomic E-state index is 12.7. The molecule has 0 saturated carbocycles. The minimum absolute atomic E-state index is 0.0156. The molecule has 0 atom stereocenters. The van der Waals surface area contributed by atoms with E-state index in [1.807, 2.05) is 41.6 Å². The van der Waals surface area contributed by atoms with Crippen LogP contribution in [-0.2, 0) is 22.6 Å². The molecule has 108 valence electrons.